The van der Waals surface area contributed by atoms with Crippen LogP contribution in [0.15, 0.2) is 42.5 Å². The van der Waals surface area contributed by atoms with E-state index in [4.69, 9.17) is 0 Å². The van der Waals surface area contributed by atoms with Crippen LogP contribution in [0, 0.1) is 10.1 Å². The van der Waals surface area contributed by atoms with Gasteiger partial charge in [0.15, 0.2) is 0 Å². The summed E-state index contributed by atoms with van der Waals surface area (Å²) in [7, 11) is 0. The van der Waals surface area contributed by atoms with Gasteiger partial charge in [-0.25, -0.2) is 0 Å². The van der Waals surface area contributed by atoms with Crippen LogP contribution in [0.5, 0.6) is 0 Å². The molecule has 2 aromatic rings. The van der Waals surface area contributed by atoms with E-state index in [-0.39, 0.29) is 11.4 Å². The maximum atomic E-state index is 12.9. The minimum absolute atomic E-state index is 0.0564. The third kappa shape index (κ3) is 3.70. The molecule has 0 aromatic heterocycles. The molecule has 0 aliphatic heterocycles. The van der Waals surface area contributed by atoms with Gasteiger partial charge in [0.05, 0.1) is 16.1 Å². The van der Waals surface area contributed by atoms with Crippen LogP contribution in [0.2, 0.25) is 0 Å². The fraction of sp³-hybridized carbons (Fsp3) is 0.188. The summed E-state index contributed by atoms with van der Waals surface area (Å²) in [4.78, 5) is 22.6. The van der Waals surface area contributed by atoms with E-state index in [0.717, 1.165) is 18.2 Å². The van der Waals surface area contributed by atoms with Crippen LogP contribution in [0.25, 0.3) is 0 Å². The van der Waals surface area contributed by atoms with E-state index in [0.29, 0.717) is 12.0 Å². The first kappa shape index (κ1) is 17.5. The summed E-state index contributed by atoms with van der Waals surface area (Å²) in [6.07, 6.45) is -4.26. The number of carbonyl (C=O) groups is 1. The Morgan fingerprint density at radius 2 is 1.88 bits per heavy atom. The second-order valence-corrected chi connectivity index (χ2v) is 4.95. The molecule has 1 N–H and O–H groups in total. The fourth-order valence-electron chi connectivity index (χ4n) is 2.24. The Morgan fingerprint density at radius 1 is 1.21 bits per heavy atom. The molecule has 0 fully saturated rings. The number of rotatable bonds is 4. The lowest BCUT2D eigenvalue weighted by molar-refractivity contribution is -0.385. The van der Waals surface area contributed by atoms with Crippen molar-refractivity contribution >= 4 is 17.3 Å². The molecule has 0 aliphatic rings. The van der Waals surface area contributed by atoms with Gasteiger partial charge < -0.3 is 5.32 Å². The summed E-state index contributed by atoms with van der Waals surface area (Å²) in [6.45, 7) is 1.74. The number of amides is 1. The molecule has 0 radical (unpaired) electrons. The standard InChI is InChI=1S/C16H13F3N2O3/c1-2-10-7-8-11(9-14(10)21(23)24)20-15(22)12-5-3-4-6-13(12)16(17,18)19/h3-9H,2H2,1H3,(H,20,22). The summed E-state index contributed by atoms with van der Waals surface area (Å²) in [5, 5.41) is 13.3. The monoisotopic (exact) mass is 338 g/mol. The van der Waals surface area contributed by atoms with Crippen molar-refractivity contribution in [1.82, 2.24) is 0 Å². The fourth-order valence-corrected chi connectivity index (χ4v) is 2.24. The quantitative estimate of drug-likeness (QED) is 0.662. The van der Waals surface area contributed by atoms with Crippen LogP contribution >= 0.6 is 0 Å². The number of halogens is 3. The maximum Gasteiger partial charge on any atom is 0.417 e. The Labute approximate surface area is 135 Å². The maximum absolute atomic E-state index is 12.9. The number of nitrogens with zero attached hydrogens (tertiary/aromatic N) is 1. The van der Waals surface area contributed by atoms with E-state index < -0.39 is 28.1 Å². The van der Waals surface area contributed by atoms with Gasteiger partial charge in [0.25, 0.3) is 11.6 Å². The smallest absolute Gasteiger partial charge is 0.322 e. The van der Waals surface area contributed by atoms with Gasteiger partial charge in [0, 0.05) is 17.3 Å². The number of nitro benzene ring substituents is 1. The highest BCUT2D eigenvalue weighted by molar-refractivity contribution is 6.05. The zero-order valence-corrected chi connectivity index (χ0v) is 12.6. The van der Waals surface area contributed by atoms with Crippen molar-refractivity contribution < 1.29 is 22.9 Å². The van der Waals surface area contributed by atoms with Crippen molar-refractivity contribution in [1.29, 1.82) is 0 Å². The Morgan fingerprint density at radius 3 is 2.46 bits per heavy atom. The van der Waals surface area contributed by atoms with Crippen LogP contribution in [-0.4, -0.2) is 10.8 Å². The molecule has 0 saturated carbocycles. The molecule has 1 amide bonds. The number of nitrogens with one attached hydrogen (secondary N) is 1. The van der Waals surface area contributed by atoms with Crippen LogP contribution in [0.4, 0.5) is 24.5 Å². The van der Waals surface area contributed by atoms with Gasteiger partial charge in [-0.15, -0.1) is 0 Å². The Balaban J connectivity index is 2.35. The van der Waals surface area contributed by atoms with Crippen molar-refractivity contribution in [3.63, 3.8) is 0 Å². The lowest BCUT2D eigenvalue weighted by atomic mass is 10.1. The predicted octanol–water partition coefficient (Wildman–Crippen LogP) is 4.43. The highest BCUT2D eigenvalue weighted by Crippen LogP contribution is 2.32. The largest absolute Gasteiger partial charge is 0.417 e. The molecule has 0 atom stereocenters. The third-order valence-electron chi connectivity index (χ3n) is 3.40. The van der Waals surface area contributed by atoms with Gasteiger partial charge in [0.2, 0.25) is 0 Å². The van der Waals surface area contributed by atoms with Crippen LogP contribution in [0.3, 0.4) is 0 Å². The second kappa shape index (κ2) is 6.69. The van der Waals surface area contributed by atoms with Gasteiger partial charge >= 0.3 is 6.18 Å². The van der Waals surface area contributed by atoms with Gasteiger partial charge in [-0.1, -0.05) is 25.1 Å². The minimum Gasteiger partial charge on any atom is -0.322 e. The minimum atomic E-state index is -4.67. The lowest BCUT2D eigenvalue weighted by Crippen LogP contribution is -2.18. The Kier molecular flexibility index (Phi) is 4.87. The van der Waals surface area contributed by atoms with Crippen molar-refractivity contribution in [2.45, 2.75) is 19.5 Å². The number of hydrogen-bond acceptors (Lipinski definition) is 3. The average Bonchev–Trinajstić information content (AvgIpc) is 2.53. The summed E-state index contributed by atoms with van der Waals surface area (Å²) >= 11 is 0. The number of hydrogen-bond donors (Lipinski definition) is 1. The number of benzene rings is 2. The van der Waals surface area contributed by atoms with Gasteiger partial charge in [-0.05, 0) is 24.6 Å². The molecule has 0 spiro atoms. The third-order valence-corrected chi connectivity index (χ3v) is 3.40. The lowest BCUT2D eigenvalue weighted by Gasteiger charge is -2.13. The van der Waals surface area contributed by atoms with Crippen LogP contribution in [-0.2, 0) is 12.6 Å². The van der Waals surface area contributed by atoms with Gasteiger partial charge in [-0.2, -0.15) is 13.2 Å². The second-order valence-electron chi connectivity index (χ2n) is 4.95. The Hall–Kier alpha value is -2.90. The molecule has 0 bridgehead atoms. The van der Waals surface area contributed by atoms with Crippen molar-refractivity contribution in [2.24, 2.45) is 0 Å². The first-order valence-corrected chi connectivity index (χ1v) is 6.99. The molecule has 8 heteroatoms. The molecule has 2 rings (SSSR count). The number of anilines is 1. The van der Waals surface area contributed by atoms with Crippen molar-refractivity contribution in [3.05, 3.63) is 69.3 Å². The zero-order valence-electron chi connectivity index (χ0n) is 12.6. The van der Waals surface area contributed by atoms with E-state index >= 15 is 0 Å². The van der Waals surface area contributed by atoms with E-state index in [9.17, 15) is 28.1 Å². The summed E-state index contributed by atoms with van der Waals surface area (Å²) in [5.74, 6) is -0.985. The number of aryl methyl sites for hydroxylation is 1. The zero-order chi connectivity index (χ0) is 17.9. The van der Waals surface area contributed by atoms with Crippen molar-refractivity contribution in [2.75, 3.05) is 5.32 Å². The number of carbonyl (C=O) groups excluding carboxylic acids is 1. The van der Waals surface area contributed by atoms with E-state index in [1.807, 2.05) is 0 Å². The van der Waals surface area contributed by atoms with E-state index in [1.54, 1.807) is 6.92 Å². The molecular formula is C16H13F3N2O3. The summed E-state index contributed by atoms with van der Waals surface area (Å²) < 4.78 is 38.8. The van der Waals surface area contributed by atoms with Gasteiger partial charge in [-0.3, -0.25) is 14.9 Å². The van der Waals surface area contributed by atoms with Crippen LogP contribution < -0.4 is 5.32 Å². The normalized spacial score (nSPS) is 11.2. The van der Waals surface area contributed by atoms with Gasteiger partial charge in [0.1, 0.15) is 0 Å². The molecule has 5 nitrogen and oxygen atoms in total. The summed E-state index contributed by atoms with van der Waals surface area (Å²) in [5.41, 5.74) is -1.29. The first-order chi connectivity index (χ1) is 11.2. The topological polar surface area (TPSA) is 72.2 Å². The Bertz CT molecular complexity index is 788. The number of alkyl halides is 3. The highest BCUT2D eigenvalue weighted by atomic mass is 19.4. The molecular weight excluding hydrogens is 325 g/mol. The summed E-state index contributed by atoms with van der Waals surface area (Å²) in [6, 6.07) is 8.36. The molecule has 0 heterocycles. The van der Waals surface area contributed by atoms with E-state index in [1.165, 1.54) is 24.3 Å². The molecule has 0 unspecified atom stereocenters. The molecule has 0 aliphatic carbocycles. The molecule has 24 heavy (non-hydrogen) atoms. The van der Waals surface area contributed by atoms with Crippen molar-refractivity contribution in [3.8, 4) is 0 Å². The number of nitro groups is 1. The molecule has 126 valence electrons. The highest BCUT2D eigenvalue weighted by Gasteiger charge is 2.34. The predicted molar refractivity (Wildman–Crippen MR) is 81.9 cm³/mol. The van der Waals surface area contributed by atoms with Crippen LogP contribution in [0.1, 0.15) is 28.4 Å². The molecule has 2 aromatic carbocycles. The van der Waals surface area contributed by atoms with E-state index in [2.05, 4.69) is 5.32 Å². The molecule has 0 saturated heterocycles. The average molecular weight is 338 g/mol. The first-order valence-electron chi connectivity index (χ1n) is 6.99. The SMILES string of the molecule is CCc1ccc(NC(=O)c2ccccc2C(F)(F)F)cc1[N+](=O)[O-].